The molecule has 2 atom stereocenters. The van der Waals surface area contributed by atoms with Crippen LogP contribution in [0.3, 0.4) is 0 Å². The van der Waals surface area contributed by atoms with Crippen molar-refractivity contribution in [3.63, 3.8) is 0 Å². The van der Waals surface area contributed by atoms with Gasteiger partial charge in [-0.3, -0.25) is 5.32 Å². The molecule has 22 heavy (non-hydrogen) atoms. The molecule has 0 aliphatic rings. The van der Waals surface area contributed by atoms with Crippen LogP contribution in [0.2, 0.25) is 0 Å². The molecule has 2 amide bonds. The van der Waals surface area contributed by atoms with E-state index in [9.17, 15) is 13.2 Å². The van der Waals surface area contributed by atoms with Crippen LogP contribution in [0.4, 0.5) is 16.7 Å². The van der Waals surface area contributed by atoms with E-state index in [1.54, 1.807) is 30.6 Å². The number of halogens is 2. The lowest BCUT2D eigenvalue weighted by molar-refractivity contribution is 0.256. The van der Waals surface area contributed by atoms with E-state index in [0.29, 0.717) is 11.8 Å². The Bertz CT molecular complexity index is 652. The lowest BCUT2D eigenvalue weighted by atomic mass is 10.6. The molecule has 1 aromatic heterocycles. The Kier molecular flexibility index (Phi) is 6.15. The topological polar surface area (TPSA) is 117 Å². The minimum absolute atomic E-state index is 0.0889. The fourth-order valence-corrected chi connectivity index (χ4v) is 2.74. The van der Waals surface area contributed by atoms with Crippen LogP contribution in [0.5, 0.6) is 0 Å². The molecule has 2 N–H and O–H groups in total. The van der Waals surface area contributed by atoms with Crippen molar-refractivity contribution >= 4 is 51.2 Å². The molecule has 0 spiro atoms. The number of rotatable bonds is 5. The highest BCUT2D eigenvalue weighted by Crippen LogP contribution is 2.15. The van der Waals surface area contributed by atoms with Crippen molar-refractivity contribution in [2.75, 3.05) is 24.3 Å². The zero-order valence-electron chi connectivity index (χ0n) is 12.3. The van der Waals surface area contributed by atoms with Crippen molar-refractivity contribution in [2.24, 2.45) is 0 Å². The molecule has 12 heteroatoms. The summed E-state index contributed by atoms with van der Waals surface area (Å²) in [6.45, 7) is 3.01. The largest absolute Gasteiger partial charge is 0.347 e. The third-order valence-corrected chi connectivity index (χ3v) is 5.34. The number of nitrogens with zero attached hydrogens (tertiary/aromatic N) is 4. The number of anilines is 2. The summed E-state index contributed by atoms with van der Waals surface area (Å²) in [7, 11) is -0.703. The number of hydrogen-bond donors (Lipinski definition) is 2. The van der Waals surface area contributed by atoms with E-state index in [4.69, 9.17) is 23.2 Å². The number of carbonyl (C=O) groups excluding carboxylic acids is 1. The molecule has 0 saturated carbocycles. The van der Waals surface area contributed by atoms with Gasteiger partial charge in [0.15, 0.2) is 4.71 Å². The number of amides is 2. The van der Waals surface area contributed by atoms with Crippen LogP contribution in [0, 0.1) is 6.92 Å². The SMILES string of the molecule is Cc1nc(NC(=O)NS(=O)(=O)C(Cl)C(C)Cl)nc(N(C)C)n1. The van der Waals surface area contributed by atoms with Gasteiger partial charge in [0, 0.05) is 14.1 Å². The number of alkyl halides is 2. The van der Waals surface area contributed by atoms with Gasteiger partial charge in [0.2, 0.25) is 11.9 Å². The van der Waals surface area contributed by atoms with E-state index in [2.05, 4.69) is 20.3 Å². The molecule has 9 nitrogen and oxygen atoms in total. The van der Waals surface area contributed by atoms with Gasteiger partial charge in [-0.25, -0.2) is 17.9 Å². The molecule has 1 heterocycles. The van der Waals surface area contributed by atoms with Gasteiger partial charge < -0.3 is 4.90 Å². The summed E-state index contributed by atoms with van der Waals surface area (Å²) in [6, 6.07) is -1.04. The van der Waals surface area contributed by atoms with Gasteiger partial charge in [0.1, 0.15) is 5.82 Å². The number of nitrogens with one attached hydrogen (secondary N) is 2. The van der Waals surface area contributed by atoms with E-state index < -0.39 is 26.1 Å². The summed E-state index contributed by atoms with van der Waals surface area (Å²) in [5, 5.41) is 1.33. The van der Waals surface area contributed by atoms with Crippen molar-refractivity contribution < 1.29 is 13.2 Å². The van der Waals surface area contributed by atoms with E-state index in [-0.39, 0.29) is 5.95 Å². The second kappa shape index (κ2) is 7.25. The van der Waals surface area contributed by atoms with E-state index in [1.165, 1.54) is 6.92 Å². The summed E-state index contributed by atoms with van der Waals surface area (Å²) < 4.78 is 23.8. The molecular weight excluding hydrogens is 355 g/mol. The lowest BCUT2D eigenvalue weighted by Crippen LogP contribution is -2.41. The average molecular weight is 371 g/mol. The minimum Gasteiger partial charge on any atom is -0.347 e. The summed E-state index contributed by atoms with van der Waals surface area (Å²) in [5.74, 6) is 0.589. The summed E-state index contributed by atoms with van der Waals surface area (Å²) in [6.07, 6.45) is 0. The minimum atomic E-state index is -4.13. The maximum Gasteiger partial charge on any atom is 0.335 e. The molecular formula is C10H16Cl2N6O3S. The third kappa shape index (κ3) is 5.11. The van der Waals surface area contributed by atoms with Crippen LogP contribution in [0.15, 0.2) is 0 Å². The van der Waals surface area contributed by atoms with Crippen LogP contribution < -0.4 is 14.9 Å². The smallest absolute Gasteiger partial charge is 0.335 e. The van der Waals surface area contributed by atoms with Gasteiger partial charge in [-0.05, 0) is 13.8 Å². The molecule has 1 aromatic rings. The number of aryl methyl sites for hydroxylation is 1. The van der Waals surface area contributed by atoms with E-state index >= 15 is 0 Å². The Hall–Kier alpha value is -1.39. The molecule has 1 rings (SSSR count). The summed E-state index contributed by atoms with van der Waals surface area (Å²) in [5.41, 5.74) is 0. The molecule has 0 fully saturated rings. The maximum atomic E-state index is 11.8. The molecule has 124 valence electrons. The summed E-state index contributed by atoms with van der Waals surface area (Å²) in [4.78, 5) is 25.2. The summed E-state index contributed by atoms with van der Waals surface area (Å²) >= 11 is 11.2. The quantitative estimate of drug-likeness (QED) is 0.738. The fraction of sp³-hybridized carbons (Fsp3) is 0.600. The molecule has 0 aliphatic carbocycles. The lowest BCUT2D eigenvalue weighted by Gasteiger charge is -2.15. The third-order valence-electron chi connectivity index (χ3n) is 2.25. The second-order valence-corrected chi connectivity index (χ2v) is 7.75. The first-order valence-corrected chi connectivity index (χ1v) is 8.45. The van der Waals surface area contributed by atoms with Gasteiger partial charge >= 0.3 is 6.03 Å². The van der Waals surface area contributed by atoms with Crippen molar-refractivity contribution in [3.8, 4) is 0 Å². The Morgan fingerprint density at radius 1 is 1.23 bits per heavy atom. The molecule has 0 aliphatic heterocycles. The van der Waals surface area contributed by atoms with Crippen LogP contribution in [0.1, 0.15) is 12.7 Å². The number of sulfonamides is 1. The monoisotopic (exact) mass is 370 g/mol. The predicted molar refractivity (Wildman–Crippen MR) is 84.9 cm³/mol. The molecule has 0 radical (unpaired) electrons. The zero-order valence-corrected chi connectivity index (χ0v) is 14.7. The number of hydrogen-bond acceptors (Lipinski definition) is 7. The highest BCUT2D eigenvalue weighted by Gasteiger charge is 2.29. The van der Waals surface area contributed by atoms with Crippen LogP contribution in [-0.4, -0.2) is 53.6 Å². The number of carbonyl (C=O) groups is 1. The van der Waals surface area contributed by atoms with Crippen molar-refractivity contribution in [3.05, 3.63) is 5.82 Å². The van der Waals surface area contributed by atoms with Gasteiger partial charge in [-0.2, -0.15) is 15.0 Å². The van der Waals surface area contributed by atoms with E-state index in [1.807, 2.05) is 0 Å². The molecule has 0 aromatic carbocycles. The average Bonchev–Trinajstić information content (AvgIpc) is 2.35. The predicted octanol–water partition coefficient (Wildman–Crippen LogP) is 0.890. The van der Waals surface area contributed by atoms with Crippen LogP contribution in [-0.2, 0) is 10.0 Å². The first kappa shape index (κ1) is 18.7. The first-order chi connectivity index (χ1) is 10.0. The number of aromatic nitrogens is 3. The van der Waals surface area contributed by atoms with E-state index in [0.717, 1.165) is 0 Å². The molecule has 0 bridgehead atoms. The maximum absolute atomic E-state index is 11.8. The van der Waals surface area contributed by atoms with Crippen LogP contribution in [0.25, 0.3) is 0 Å². The van der Waals surface area contributed by atoms with Gasteiger partial charge in [-0.15, -0.1) is 23.2 Å². The fourth-order valence-electron chi connectivity index (χ4n) is 1.28. The standard InChI is InChI=1S/C10H16Cl2N6O3S/c1-5(11)7(12)22(20,21)17-10(19)16-8-13-6(2)14-9(15-8)18(3)4/h5,7H,1-4H3,(H2,13,14,15,16,17,19). The first-order valence-electron chi connectivity index (χ1n) is 6.03. The Morgan fingerprint density at radius 2 is 1.82 bits per heavy atom. The molecule has 2 unspecified atom stereocenters. The second-order valence-electron chi connectivity index (χ2n) is 4.53. The van der Waals surface area contributed by atoms with Crippen molar-refractivity contribution in [2.45, 2.75) is 23.9 Å². The Balaban J connectivity index is 2.86. The highest BCUT2D eigenvalue weighted by molar-refractivity contribution is 7.92. The zero-order chi connectivity index (χ0) is 17.1. The normalized spacial score (nSPS) is 14.1. The van der Waals surface area contributed by atoms with Crippen molar-refractivity contribution in [1.82, 2.24) is 19.7 Å². The molecule has 0 saturated heterocycles. The van der Waals surface area contributed by atoms with Gasteiger partial charge in [-0.1, -0.05) is 0 Å². The Morgan fingerprint density at radius 3 is 2.32 bits per heavy atom. The number of urea groups is 1. The van der Waals surface area contributed by atoms with Gasteiger partial charge in [0.25, 0.3) is 10.0 Å². The highest BCUT2D eigenvalue weighted by atomic mass is 35.5. The Labute approximate surface area is 138 Å². The van der Waals surface area contributed by atoms with Crippen molar-refractivity contribution in [1.29, 1.82) is 0 Å². The van der Waals surface area contributed by atoms with Crippen LogP contribution >= 0.6 is 23.2 Å². The van der Waals surface area contributed by atoms with Gasteiger partial charge in [0.05, 0.1) is 5.38 Å².